The summed E-state index contributed by atoms with van der Waals surface area (Å²) in [6.45, 7) is 5.91. The predicted octanol–water partition coefficient (Wildman–Crippen LogP) is 1.41. The lowest BCUT2D eigenvalue weighted by atomic mass is 10.1. The summed E-state index contributed by atoms with van der Waals surface area (Å²) in [6, 6.07) is 5.93. The van der Waals surface area contributed by atoms with Gasteiger partial charge in [-0.25, -0.2) is 0 Å². The average Bonchev–Trinajstić information content (AvgIpc) is 2.74. The summed E-state index contributed by atoms with van der Waals surface area (Å²) in [6.07, 6.45) is 0. The first-order valence-corrected chi connectivity index (χ1v) is 7.80. The standard InChI is InChI=1S/C17H24N2O3/c1-12-6-15(21-3)4-5-16(12)17(20)19-8-13-7-18(2)14(9-19)11-22-10-13/h4-6,13-14H,7-11H2,1-3H3/t13-,14+/m1/s1. The van der Waals surface area contributed by atoms with E-state index in [1.165, 1.54) is 0 Å². The Morgan fingerprint density at radius 1 is 1.27 bits per heavy atom. The van der Waals surface area contributed by atoms with Crippen LogP contribution in [0.5, 0.6) is 5.75 Å². The van der Waals surface area contributed by atoms with Crippen LogP contribution < -0.4 is 4.74 Å². The summed E-state index contributed by atoms with van der Waals surface area (Å²) in [7, 11) is 3.76. The highest BCUT2D eigenvalue weighted by Crippen LogP contribution is 2.23. The van der Waals surface area contributed by atoms with Gasteiger partial charge in [-0.3, -0.25) is 9.69 Å². The molecular weight excluding hydrogens is 280 g/mol. The fraction of sp³-hybridized carbons (Fsp3) is 0.588. The number of hydrogen-bond acceptors (Lipinski definition) is 4. The molecule has 2 aliphatic rings. The minimum atomic E-state index is 0.118. The van der Waals surface area contributed by atoms with Crippen LogP contribution in [0, 0.1) is 12.8 Å². The number of ether oxygens (including phenoxy) is 2. The van der Waals surface area contributed by atoms with Crippen molar-refractivity contribution in [2.24, 2.45) is 5.92 Å². The van der Waals surface area contributed by atoms with Gasteiger partial charge in [0.1, 0.15) is 5.75 Å². The van der Waals surface area contributed by atoms with Gasteiger partial charge in [-0.2, -0.15) is 0 Å². The number of likely N-dealkylation sites (N-methyl/N-ethyl adjacent to an activating group) is 1. The van der Waals surface area contributed by atoms with Crippen molar-refractivity contribution in [2.45, 2.75) is 13.0 Å². The number of rotatable bonds is 2. The van der Waals surface area contributed by atoms with Gasteiger partial charge in [-0.1, -0.05) is 0 Å². The molecular formula is C17H24N2O3. The van der Waals surface area contributed by atoms with Crippen LogP contribution in [0.2, 0.25) is 0 Å². The molecule has 0 radical (unpaired) electrons. The molecule has 2 saturated heterocycles. The number of fused-ring (bicyclic) bond motifs is 3. The minimum Gasteiger partial charge on any atom is -0.497 e. The van der Waals surface area contributed by atoms with E-state index in [0.717, 1.165) is 43.1 Å². The van der Waals surface area contributed by atoms with Gasteiger partial charge >= 0.3 is 0 Å². The van der Waals surface area contributed by atoms with Crippen molar-refractivity contribution in [3.63, 3.8) is 0 Å². The first kappa shape index (κ1) is 15.3. The molecule has 120 valence electrons. The minimum absolute atomic E-state index is 0.118. The highest BCUT2D eigenvalue weighted by Gasteiger charge is 2.33. The summed E-state index contributed by atoms with van der Waals surface area (Å²) in [5, 5.41) is 0. The zero-order chi connectivity index (χ0) is 15.7. The Morgan fingerprint density at radius 3 is 2.82 bits per heavy atom. The van der Waals surface area contributed by atoms with E-state index in [-0.39, 0.29) is 11.9 Å². The van der Waals surface area contributed by atoms with Crippen molar-refractivity contribution < 1.29 is 14.3 Å². The maximum atomic E-state index is 12.9. The quantitative estimate of drug-likeness (QED) is 0.828. The molecule has 2 heterocycles. The van der Waals surface area contributed by atoms with Crippen molar-refractivity contribution in [1.29, 1.82) is 0 Å². The second kappa shape index (κ2) is 6.26. The lowest BCUT2D eigenvalue weighted by Gasteiger charge is -2.30. The molecule has 2 atom stereocenters. The number of benzene rings is 1. The summed E-state index contributed by atoms with van der Waals surface area (Å²) < 4.78 is 10.9. The first-order chi connectivity index (χ1) is 10.6. The molecule has 0 N–H and O–H groups in total. The molecule has 0 aliphatic carbocycles. The van der Waals surface area contributed by atoms with Crippen LogP contribution in [0.4, 0.5) is 0 Å². The Labute approximate surface area is 131 Å². The molecule has 5 nitrogen and oxygen atoms in total. The summed E-state index contributed by atoms with van der Waals surface area (Å²) >= 11 is 0. The second-order valence-corrected chi connectivity index (χ2v) is 6.39. The average molecular weight is 304 g/mol. The summed E-state index contributed by atoms with van der Waals surface area (Å²) in [5.41, 5.74) is 1.73. The van der Waals surface area contributed by atoms with E-state index in [2.05, 4.69) is 11.9 Å². The van der Waals surface area contributed by atoms with Gasteiger partial charge in [0.15, 0.2) is 0 Å². The van der Waals surface area contributed by atoms with Crippen LogP contribution in [-0.4, -0.2) is 68.8 Å². The lowest BCUT2D eigenvalue weighted by Crippen LogP contribution is -2.44. The van der Waals surface area contributed by atoms with Gasteiger partial charge in [0.25, 0.3) is 5.91 Å². The van der Waals surface area contributed by atoms with Crippen molar-refractivity contribution in [3.8, 4) is 5.75 Å². The molecule has 1 aromatic carbocycles. The van der Waals surface area contributed by atoms with Crippen LogP contribution in [0.1, 0.15) is 15.9 Å². The van der Waals surface area contributed by atoms with E-state index in [1.807, 2.05) is 30.0 Å². The third-order valence-corrected chi connectivity index (χ3v) is 4.69. The molecule has 1 amide bonds. The molecule has 0 unspecified atom stereocenters. The van der Waals surface area contributed by atoms with E-state index in [1.54, 1.807) is 7.11 Å². The van der Waals surface area contributed by atoms with E-state index in [4.69, 9.17) is 9.47 Å². The van der Waals surface area contributed by atoms with Gasteiger partial charge in [0, 0.05) is 31.1 Å². The van der Waals surface area contributed by atoms with E-state index in [0.29, 0.717) is 12.5 Å². The first-order valence-electron chi connectivity index (χ1n) is 7.80. The number of hydrogen-bond donors (Lipinski definition) is 0. The zero-order valence-corrected chi connectivity index (χ0v) is 13.5. The van der Waals surface area contributed by atoms with Crippen LogP contribution in [0.25, 0.3) is 0 Å². The molecule has 22 heavy (non-hydrogen) atoms. The monoisotopic (exact) mass is 304 g/mol. The van der Waals surface area contributed by atoms with E-state index < -0.39 is 0 Å². The Bertz CT molecular complexity index is 561. The van der Waals surface area contributed by atoms with Crippen LogP contribution >= 0.6 is 0 Å². The number of nitrogens with zero attached hydrogens (tertiary/aromatic N) is 2. The van der Waals surface area contributed by atoms with Gasteiger partial charge < -0.3 is 14.4 Å². The third kappa shape index (κ3) is 2.96. The maximum absolute atomic E-state index is 12.9. The highest BCUT2D eigenvalue weighted by molar-refractivity contribution is 5.95. The van der Waals surface area contributed by atoms with Crippen molar-refractivity contribution in [3.05, 3.63) is 29.3 Å². The number of methoxy groups -OCH3 is 1. The predicted molar refractivity (Wildman–Crippen MR) is 84.4 cm³/mol. The lowest BCUT2D eigenvalue weighted by molar-refractivity contribution is 0.0433. The molecule has 0 spiro atoms. The number of carbonyl (C=O) groups is 1. The third-order valence-electron chi connectivity index (χ3n) is 4.69. The largest absolute Gasteiger partial charge is 0.497 e. The van der Waals surface area contributed by atoms with Crippen molar-refractivity contribution in [1.82, 2.24) is 9.80 Å². The van der Waals surface area contributed by atoms with Crippen molar-refractivity contribution >= 4 is 5.91 Å². The number of carbonyl (C=O) groups excluding carboxylic acids is 1. The number of amides is 1. The van der Waals surface area contributed by atoms with Gasteiger partial charge in [-0.15, -0.1) is 0 Å². The Morgan fingerprint density at radius 2 is 2.09 bits per heavy atom. The summed E-state index contributed by atoms with van der Waals surface area (Å²) in [5.74, 6) is 1.29. The SMILES string of the molecule is COc1ccc(C(=O)N2C[C@@H]3COC[C@H](C2)N(C)C3)c(C)c1. The Balaban J connectivity index is 1.83. The van der Waals surface area contributed by atoms with Crippen LogP contribution in [0.15, 0.2) is 18.2 Å². The summed E-state index contributed by atoms with van der Waals surface area (Å²) in [4.78, 5) is 17.3. The molecule has 2 fully saturated rings. The van der Waals surface area contributed by atoms with Gasteiger partial charge in [0.2, 0.25) is 0 Å². The smallest absolute Gasteiger partial charge is 0.254 e. The molecule has 0 saturated carbocycles. The molecule has 2 aliphatic heterocycles. The van der Waals surface area contributed by atoms with Crippen LogP contribution in [0.3, 0.4) is 0 Å². The van der Waals surface area contributed by atoms with E-state index >= 15 is 0 Å². The Hall–Kier alpha value is -1.59. The fourth-order valence-corrected chi connectivity index (χ4v) is 3.39. The van der Waals surface area contributed by atoms with E-state index in [9.17, 15) is 4.79 Å². The molecule has 2 bridgehead atoms. The fourth-order valence-electron chi connectivity index (χ4n) is 3.39. The molecule has 5 heteroatoms. The Kier molecular flexibility index (Phi) is 4.36. The highest BCUT2D eigenvalue weighted by atomic mass is 16.5. The zero-order valence-electron chi connectivity index (χ0n) is 13.5. The number of aryl methyl sites for hydroxylation is 1. The normalized spacial score (nSPS) is 25.7. The van der Waals surface area contributed by atoms with Gasteiger partial charge in [0.05, 0.1) is 26.4 Å². The topological polar surface area (TPSA) is 42.0 Å². The maximum Gasteiger partial charge on any atom is 0.254 e. The van der Waals surface area contributed by atoms with Gasteiger partial charge in [-0.05, 0) is 37.7 Å². The van der Waals surface area contributed by atoms with Crippen LogP contribution in [-0.2, 0) is 4.74 Å². The van der Waals surface area contributed by atoms with Crippen molar-refractivity contribution in [2.75, 3.05) is 47.0 Å². The second-order valence-electron chi connectivity index (χ2n) is 6.39. The molecule has 3 rings (SSSR count). The molecule has 0 aromatic heterocycles. The molecule has 1 aromatic rings.